The van der Waals surface area contributed by atoms with E-state index in [1.807, 2.05) is 24.3 Å². The Morgan fingerprint density at radius 3 is 2.84 bits per heavy atom. The molecule has 1 heterocycles. The molecule has 3 rings (SSSR count). The van der Waals surface area contributed by atoms with Crippen molar-refractivity contribution in [2.45, 2.75) is 24.3 Å². The fourth-order valence-corrected chi connectivity index (χ4v) is 3.06. The smallest absolute Gasteiger partial charge is 0.331 e. The number of carboxylic acid groups (broad SMARTS) is 1. The molecule has 1 aromatic carbocycles. The van der Waals surface area contributed by atoms with Gasteiger partial charge in [0.25, 0.3) is 0 Å². The van der Waals surface area contributed by atoms with E-state index in [1.54, 1.807) is 6.20 Å². The lowest BCUT2D eigenvalue weighted by atomic mass is 9.65. The molecule has 0 aliphatic heterocycles. The Bertz CT molecular complexity index is 606. The lowest BCUT2D eigenvalue weighted by Gasteiger charge is -2.44. The number of benzene rings is 1. The third-order valence-electron chi connectivity index (χ3n) is 3.75. The summed E-state index contributed by atoms with van der Waals surface area (Å²) in [5.41, 5.74) is 0.218. The first-order valence-corrected chi connectivity index (χ1v) is 6.77. The van der Waals surface area contributed by atoms with Crippen molar-refractivity contribution in [2.24, 2.45) is 0 Å². The van der Waals surface area contributed by atoms with Crippen LogP contribution in [0.1, 0.15) is 24.3 Å². The molecule has 0 unspecified atom stereocenters. The van der Waals surface area contributed by atoms with E-state index >= 15 is 0 Å². The van der Waals surface area contributed by atoms with Crippen molar-refractivity contribution in [2.75, 3.05) is 0 Å². The van der Waals surface area contributed by atoms with Gasteiger partial charge in [-0.25, -0.2) is 9.48 Å². The number of hydrogen-bond acceptors (Lipinski definition) is 3. The van der Waals surface area contributed by atoms with Gasteiger partial charge in [0, 0.05) is 10.7 Å². The summed E-state index contributed by atoms with van der Waals surface area (Å²) < 4.78 is 2.47. The zero-order valence-corrected chi connectivity index (χ0v) is 11.6. The summed E-state index contributed by atoms with van der Waals surface area (Å²) in [6.07, 6.45) is 4.21. The van der Waals surface area contributed by atoms with Crippen LogP contribution in [0, 0.1) is 0 Å². The van der Waals surface area contributed by atoms with E-state index in [0.717, 1.165) is 10.0 Å². The summed E-state index contributed by atoms with van der Waals surface area (Å²) in [5, 5.41) is 17.0. The van der Waals surface area contributed by atoms with Gasteiger partial charge in [0.15, 0.2) is 5.54 Å². The first-order chi connectivity index (χ1) is 9.12. The summed E-state index contributed by atoms with van der Waals surface area (Å²) in [4.78, 5) is 11.5. The van der Waals surface area contributed by atoms with Gasteiger partial charge >= 0.3 is 5.97 Å². The summed E-state index contributed by atoms with van der Waals surface area (Å²) >= 11 is 3.44. The molecule has 19 heavy (non-hydrogen) atoms. The van der Waals surface area contributed by atoms with Crippen molar-refractivity contribution in [1.29, 1.82) is 0 Å². The molecule has 1 aromatic heterocycles. The minimum atomic E-state index is -0.941. The van der Waals surface area contributed by atoms with Crippen molar-refractivity contribution in [3.05, 3.63) is 46.7 Å². The SMILES string of the molecule is O=C(O)C1(n2ccnn2)CC(c2cccc(Br)c2)C1. The van der Waals surface area contributed by atoms with Gasteiger partial charge in [-0.3, -0.25) is 0 Å². The second kappa shape index (κ2) is 4.45. The number of carboxylic acids is 1. The van der Waals surface area contributed by atoms with E-state index < -0.39 is 11.5 Å². The van der Waals surface area contributed by atoms with Crippen LogP contribution < -0.4 is 0 Å². The highest BCUT2D eigenvalue weighted by Crippen LogP contribution is 2.49. The van der Waals surface area contributed by atoms with E-state index in [4.69, 9.17) is 0 Å². The van der Waals surface area contributed by atoms with Crippen molar-refractivity contribution >= 4 is 21.9 Å². The summed E-state index contributed by atoms with van der Waals surface area (Å²) in [5.74, 6) is -0.595. The molecular weight excluding hydrogens is 310 g/mol. The van der Waals surface area contributed by atoms with Crippen LogP contribution in [0.4, 0.5) is 0 Å². The van der Waals surface area contributed by atoms with Gasteiger partial charge in [-0.15, -0.1) is 5.10 Å². The van der Waals surface area contributed by atoms with Crippen molar-refractivity contribution in [3.8, 4) is 0 Å². The average molecular weight is 322 g/mol. The number of carbonyl (C=O) groups is 1. The second-order valence-electron chi connectivity index (χ2n) is 4.84. The Balaban J connectivity index is 1.85. The van der Waals surface area contributed by atoms with E-state index in [1.165, 1.54) is 10.9 Å². The topological polar surface area (TPSA) is 68.0 Å². The normalized spacial score (nSPS) is 25.8. The van der Waals surface area contributed by atoms with Gasteiger partial charge in [-0.1, -0.05) is 33.3 Å². The number of hydrogen-bond donors (Lipinski definition) is 1. The summed E-state index contributed by atoms with van der Waals surface area (Å²) in [6.45, 7) is 0. The molecule has 0 amide bonds. The van der Waals surface area contributed by atoms with Crippen LogP contribution >= 0.6 is 15.9 Å². The summed E-state index contributed by atoms with van der Waals surface area (Å²) in [6, 6.07) is 8.00. The van der Waals surface area contributed by atoms with Crippen LogP contribution in [-0.4, -0.2) is 26.1 Å². The standard InChI is InChI=1S/C13H12BrN3O2/c14-11-3-1-2-9(6-11)10-7-13(8-10,12(18)19)17-5-4-15-16-17/h1-6,10H,7-8H2,(H,18,19). The van der Waals surface area contributed by atoms with E-state index in [9.17, 15) is 9.90 Å². The highest BCUT2D eigenvalue weighted by atomic mass is 79.9. The maximum atomic E-state index is 11.5. The molecule has 0 bridgehead atoms. The van der Waals surface area contributed by atoms with Crippen molar-refractivity contribution in [3.63, 3.8) is 0 Å². The fraction of sp³-hybridized carbons (Fsp3) is 0.308. The minimum absolute atomic E-state index is 0.248. The third kappa shape index (κ3) is 1.96. The Hall–Kier alpha value is -1.69. The Labute approximate surface area is 118 Å². The lowest BCUT2D eigenvalue weighted by Crippen LogP contribution is -2.51. The molecule has 0 radical (unpaired) electrons. The van der Waals surface area contributed by atoms with Crippen LogP contribution in [0.3, 0.4) is 0 Å². The second-order valence-corrected chi connectivity index (χ2v) is 5.76. The lowest BCUT2D eigenvalue weighted by molar-refractivity contribution is -0.154. The molecule has 1 aliphatic carbocycles. The van der Waals surface area contributed by atoms with Gasteiger partial charge in [0.1, 0.15) is 0 Å². The van der Waals surface area contributed by atoms with E-state index in [-0.39, 0.29) is 5.92 Å². The first kappa shape index (κ1) is 12.3. The highest BCUT2D eigenvalue weighted by Gasteiger charge is 2.53. The number of aromatic nitrogens is 3. The monoisotopic (exact) mass is 321 g/mol. The van der Waals surface area contributed by atoms with Crippen LogP contribution in [0.25, 0.3) is 0 Å². The average Bonchev–Trinajstić information content (AvgIpc) is 2.81. The molecule has 6 heteroatoms. The van der Waals surface area contributed by atoms with E-state index in [0.29, 0.717) is 12.8 Å². The molecule has 1 N–H and O–H groups in total. The van der Waals surface area contributed by atoms with Gasteiger partial charge in [0.05, 0.1) is 6.20 Å². The highest BCUT2D eigenvalue weighted by molar-refractivity contribution is 9.10. The molecule has 5 nitrogen and oxygen atoms in total. The largest absolute Gasteiger partial charge is 0.479 e. The van der Waals surface area contributed by atoms with E-state index in [2.05, 4.69) is 26.2 Å². The quantitative estimate of drug-likeness (QED) is 0.942. The first-order valence-electron chi connectivity index (χ1n) is 5.97. The van der Waals surface area contributed by atoms with Gasteiger partial charge in [0.2, 0.25) is 0 Å². The van der Waals surface area contributed by atoms with Crippen LogP contribution in [0.15, 0.2) is 41.1 Å². The predicted molar refractivity (Wildman–Crippen MR) is 71.7 cm³/mol. The molecule has 0 spiro atoms. The minimum Gasteiger partial charge on any atom is -0.479 e. The van der Waals surface area contributed by atoms with Crippen molar-refractivity contribution < 1.29 is 9.90 Å². The molecule has 1 fully saturated rings. The zero-order valence-electron chi connectivity index (χ0n) is 10.0. The zero-order chi connectivity index (χ0) is 13.5. The Morgan fingerprint density at radius 2 is 2.26 bits per heavy atom. The van der Waals surface area contributed by atoms with Crippen molar-refractivity contribution in [1.82, 2.24) is 15.0 Å². The molecule has 0 saturated heterocycles. The number of rotatable bonds is 3. The number of halogens is 1. The van der Waals surface area contributed by atoms with Gasteiger partial charge in [-0.2, -0.15) is 0 Å². The maximum Gasteiger partial charge on any atom is 0.331 e. The van der Waals surface area contributed by atoms with Crippen LogP contribution in [0.2, 0.25) is 0 Å². The fourth-order valence-electron chi connectivity index (χ4n) is 2.65. The molecule has 2 aromatic rings. The van der Waals surface area contributed by atoms with Crippen LogP contribution in [0.5, 0.6) is 0 Å². The molecule has 98 valence electrons. The summed E-state index contributed by atoms with van der Waals surface area (Å²) in [7, 11) is 0. The number of aliphatic carboxylic acids is 1. The molecule has 0 atom stereocenters. The third-order valence-corrected chi connectivity index (χ3v) is 4.24. The molecule has 1 saturated carbocycles. The maximum absolute atomic E-state index is 11.5. The van der Waals surface area contributed by atoms with Gasteiger partial charge in [-0.05, 0) is 36.5 Å². The Kier molecular flexibility index (Phi) is 2.89. The Morgan fingerprint density at radius 1 is 1.47 bits per heavy atom. The molecular formula is C13H12BrN3O2. The predicted octanol–water partition coefficient (Wildman–Crippen LogP) is 2.40. The van der Waals surface area contributed by atoms with Gasteiger partial charge < -0.3 is 5.11 Å². The molecule has 1 aliphatic rings. The number of nitrogens with zero attached hydrogens (tertiary/aromatic N) is 3. The van der Waals surface area contributed by atoms with Crippen LogP contribution in [-0.2, 0) is 10.3 Å².